The Labute approximate surface area is 116 Å². The molecule has 1 rings (SSSR count). The minimum absolute atomic E-state index is 0.127. The van der Waals surface area contributed by atoms with Crippen molar-refractivity contribution in [3.05, 3.63) is 12.4 Å². The average molecular weight is 265 g/mol. The van der Waals surface area contributed by atoms with Crippen LogP contribution in [0.4, 0.5) is 11.6 Å². The van der Waals surface area contributed by atoms with Crippen LogP contribution in [-0.4, -0.2) is 36.1 Å². The fraction of sp³-hybridized carbons (Fsp3) is 0.714. The molecule has 1 unspecified atom stereocenters. The predicted molar refractivity (Wildman–Crippen MR) is 81.5 cm³/mol. The van der Waals surface area contributed by atoms with Crippen LogP contribution in [0.5, 0.6) is 0 Å². The molecule has 0 aromatic carbocycles. The van der Waals surface area contributed by atoms with Gasteiger partial charge in [0.05, 0.1) is 0 Å². The molecule has 108 valence electrons. The molecule has 19 heavy (non-hydrogen) atoms. The van der Waals surface area contributed by atoms with E-state index in [1.807, 2.05) is 24.9 Å². The van der Waals surface area contributed by atoms with Crippen molar-refractivity contribution in [1.29, 1.82) is 0 Å². The van der Waals surface area contributed by atoms with Gasteiger partial charge in [-0.1, -0.05) is 13.8 Å². The third-order valence-electron chi connectivity index (χ3n) is 2.87. The van der Waals surface area contributed by atoms with Crippen molar-refractivity contribution >= 4 is 11.6 Å². The zero-order valence-electron chi connectivity index (χ0n) is 12.6. The van der Waals surface area contributed by atoms with Crippen LogP contribution in [0.15, 0.2) is 12.4 Å². The number of hydrogen-bond acceptors (Lipinski definition) is 5. The van der Waals surface area contributed by atoms with Crippen molar-refractivity contribution in [3.8, 4) is 0 Å². The first-order valence-electron chi connectivity index (χ1n) is 7.01. The number of nitrogens with zero attached hydrogens (tertiary/aromatic N) is 3. The summed E-state index contributed by atoms with van der Waals surface area (Å²) in [7, 11) is 1.99. The van der Waals surface area contributed by atoms with Crippen LogP contribution in [0.25, 0.3) is 0 Å². The molecule has 3 N–H and O–H groups in total. The van der Waals surface area contributed by atoms with Crippen LogP contribution < -0.4 is 16.0 Å². The molecule has 0 radical (unpaired) electrons. The lowest BCUT2D eigenvalue weighted by Crippen LogP contribution is -2.33. The number of hydrogen-bond donors (Lipinski definition) is 2. The lowest BCUT2D eigenvalue weighted by molar-refractivity contribution is 0.566. The number of nitrogens with one attached hydrogen (secondary N) is 1. The predicted octanol–water partition coefficient (Wildman–Crippen LogP) is 2.11. The van der Waals surface area contributed by atoms with Crippen LogP contribution >= 0.6 is 0 Å². The van der Waals surface area contributed by atoms with Gasteiger partial charge in [-0.25, -0.2) is 9.97 Å². The van der Waals surface area contributed by atoms with E-state index in [-0.39, 0.29) is 6.04 Å². The van der Waals surface area contributed by atoms with E-state index in [0.717, 1.165) is 37.1 Å². The molecule has 1 aromatic heterocycles. The first kappa shape index (κ1) is 15.7. The highest BCUT2D eigenvalue weighted by Crippen LogP contribution is 2.13. The SMILES string of the molecule is CC(C)CCCNc1cc(N(C)CC(C)N)ncn1. The summed E-state index contributed by atoms with van der Waals surface area (Å²) in [5.41, 5.74) is 5.79. The monoisotopic (exact) mass is 265 g/mol. The van der Waals surface area contributed by atoms with Crippen molar-refractivity contribution < 1.29 is 0 Å². The van der Waals surface area contributed by atoms with E-state index in [1.165, 1.54) is 6.42 Å². The van der Waals surface area contributed by atoms with Crippen LogP contribution in [-0.2, 0) is 0 Å². The second kappa shape index (κ2) is 7.94. The molecule has 5 nitrogen and oxygen atoms in total. The maximum atomic E-state index is 5.79. The van der Waals surface area contributed by atoms with E-state index in [4.69, 9.17) is 5.73 Å². The summed E-state index contributed by atoms with van der Waals surface area (Å²) in [6, 6.07) is 2.10. The lowest BCUT2D eigenvalue weighted by Gasteiger charge is -2.20. The van der Waals surface area contributed by atoms with E-state index in [9.17, 15) is 0 Å². The van der Waals surface area contributed by atoms with E-state index < -0.39 is 0 Å². The van der Waals surface area contributed by atoms with E-state index >= 15 is 0 Å². The van der Waals surface area contributed by atoms with Crippen LogP contribution in [0.3, 0.4) is 0 Å². The van der Waals surface area contributed by atoms with E-state index in [0.29, 0.717) is 0 Å². The molecular weight excluding hydrogens is 238 g/mol. The Morgan fingerprint density at radius 2 is 2.05 bits per heavy atom. The largest absolute Gasteiger partial charge is 0.370 e. The lowest BCUT2D eigenvalue weighted by atomic mass is 10.1. The zero-order valence-corrected chi connectivity index (χ0v) is 12.6. The quantitative estimate of drug-likeness (QED) is 0.705. The summed E-state index contributed by atoms with van der Waals surface area (Å²) < 4.78 is 0. The van der Waals surface area contributed by atoms with E-state index in [2.05, 4.69) is 29.1 Å². The van der Waals surface area contributed by atoms with Crippen molar-refractivity contribution in [3.63, 3.8) is 0 Å². The van der Waals surface area contributed by atoms with Gasteiger partial charge in [-0.15, -0.1) is 0 Å². The fourth-order valence-electron chi connectivity index (χ4n) is 1.90. The zero-order chi connectivity index (χ0) is 14.3. The molecule has 1 aromatic rings. The van der Waals surface area contributed by atoms with Gasteiger partial charge >= 0.3 is 0 Å². The topological polar surface area (TPSA) is 67.1 Å². The molecule has 0 aliphatic heterocycles. The summed E-state index contributed by atoms with van der Waals surface area (Å²) >= 11 is 0. The molecule has 1 heterocycles. The number of anilines is 2. The molecule has 0 fully saturated rings. The van der Waals surface area contributed by atoms with Crippen molar-refractivity contribution in [2.75, 3.05) is 30.4 Å². The Hall–Kier alpha value is -1.36. The van der Waals surface area contributed by atoms with Crippen LogP contribution in [0, 0.1) is 5.92 Å². The van der Waals surface area contributed by atoms with Crippen LogP contribution in [0.2, 0.25) is 0 Å². The Bertz CT molecular complexity index is 365. The maximum absolute atomic E-state index is 5.79. The number of likely N-dealkylation sites (N-methyl/N-ethyl adjacent to an activating group) is 1. The normalized spacial score (nSPS) is 12.5. The first-order valence-corrected chi connectivity index (χ1v) is 7.01. The molecule has 0 aliphatic carbocycles. The Morgan fingerprint density at radius 3 is 2.68 bits per heavy atom. The average Bonchev–Trinajstić information content (AvgIpc) is 2.34. The highest BCUT2D eigenvalue weighted by molar-refractivity contribution is 5.47. The highest BCUT2D eigenvalue weighted by Gasteiger charge is 2.06. The Kier molecular flexibility index (Phi) is 6.56. The van der Waals surface area contributed by atoms with Crippen molar-refractivity contribution in [2.24, 2.45) is 11.7 Å². The van der Waals surface area contributed by atoms with Gasteiger partial charge in [-0.05, 0) is 25.7 Å². The summed E-state index contributed by atoms with van der Waals surface area (Å²) in [5.74, 6) is 2.53. The molecule has 0 bridgehead atoms. The molecule has 0 saturated carbocycles. The number of nitrogens with two attached hydrogens (primary N) is 1. The second-order valence-electron chi connectivity index (χ2n) is 5.58. The standard InChI is InChI=1S/C14H27N5/c1-11(2)6-5-7-16-13-8-14(18-10-17-13)19(4)9-12(3)15/h8,10-12H,5-7,9,15H2,1-4H3,(H,16,17,18). The minimum atomic E-state index is 0.127. The van der Waals surface area contributed by atoms with Gasteiger partial charge in [0.25, 0.3) is 0 Å². The summed E-state index contributed by atoms with van der Waals surface area (Å²) in [4.78, 5) is 10.6. The van der Waals surface area contributed by atoms with Gasteiger partial charge in [-0.2, -0.15) is 0 Å². The third-order valence-corrected chi connectivity index (χ3v) is 2.87. The summed E-state index contributed by atoms with van der Waals surface area (Å²) in [6.07, 6.45) is 3.99. The molecule has 5 heteroatoms. The number of aromatic nitrogens is 2. The van der Waals surface area contributed by atoms with Gasteiger partial charge in [-0.3, -0.25) is 0 Å². The second-order valence-corrected chi connectivity index (χ2v) is 5.58. The molecule has 0 saturated heterocycles. The highest BCUT2D eigenvalue weighted by atomic mass is 15.2. The molecular formula is C14H27N5. The molecule has 0 amide bonds. The Morgan fingerprint density at radius 1 is 1.32 bits per heavy atom. The molecule has 0 spiro atoms. The van der Waals surface area contributed by atoms with Crippen molar-refractivity contribution in [2.45, 2.75) is 39.7 Å². The summed E-state index contributed by atoms with van der Waals surface area (Å²) in [6.45, 7) is 8.20. The van der Waals surface area contributed by atoms with Crippen LogP contribution in [0.1, 0.15) is 33.6 Å². The number of rotatable bonds is 8. The smallest absolute Gasteiger partial charge is 0.133 e. The van der Waals surface area contributed by atoms with Gasteiger partial charge in [0.2, 0.25) is 0 Å². The van der Waals surface area contributed by atoms with Gasteiger partial charge in [0.1, 0.15) is 18.0 Å². The fourth-order valence-corrected chi connectivity index (χ4v) is 1.90. The third kappa shape index (κ3) is 6.38. The first-order chi connectivity index (χ1) is 8.99. The van der Waals surface area contributed by atoms with E-state index in [1.54, 1.807) is 6.33 Å². The van der Waals surface area contributed by atoms with Crippen molar-refractivity contribution in [1.82, 2.24) is 9.97 Å². The minimum Gasteiger partial charge on any atom is -0.370 e. The molecule has 0 aliphatic rings. The van der Waals surface area contributed by atoms with Gasteiger partial charge < -0.3 is 16.0 Å². The van der Waals surface area contributed by atoms with Gasteiger partial charge in [0.15, 0.2) is 0 Å². The maximum Gasteiger partial charge on any atom is 0.133 e. The Balaban J connectivity index is 2.47. The summed E-state index contributed by atoms with van der Waals surface area (Å²) in [5, 5.41) is 3.34. The van der Waals surface area contributed by atoms with Gasteiger partial charge in [0, 0.05) is 32.2 Å². The molecule has 1 atom stereocenters.